The molecule has 1 aliphatic rings. The zero-order valence-electron chi connectivity index (χ0n) is 8.39. The second-order valence-electron chi connectivity index (χ2n) is 3.77. The molecule has 0 aromatic carbocycles. The van der Waals surface area contributed by atoms with Gasteiger partial charge in [0.05, 0.1) is 6.54 Å². The highest BCUT2D eigenvalue weighted by atomic mass is 15.4. The maximum atomic E-state index is 5.43. The van der Waals surface area contributed by atoms with E-state index >= 15 is 0 Å². The highest BCUT2D eigenvalue weighted by Gasteiger charge is 2.09. The molecule has 14 heavy (non-hydrogen) atoms. The first-order chi connectivity index (χ1) is 6.84. The number of nitrogen functional groups attached to an aromatic ring is 1. The second kappa shape index (κ2) is 4.41. The van der Waals surface area contributed by atoms with Crippen molar-refractivity contribution in [3.63, 3.8) is 0 Å². The fourth-order valence-corrected chi connectivity index (χ4v) is 1.84. The number of hydrogen-bond donors (Lipinski definition) is 1. The number of rotatable bonds is 3. The standard InChI is InChI=1S/C9H17N5/c10-9-11-8-14(12-9)7-6-13-4-2-1-3-5-13/h8H,1-7H2,(H2,10,12). The molecule has 1 aromatic rings. The number of nitrogens with zero attached hydrogens (tertiary/aromatic N) is 4. The first-order valence-corrected chi connectivity index (χ1v) is 5.22. The fraction of sp³-hybridized carbons (Fsp3) is 0.778. The number of piperidine rings is 1. The number of likely N-dealkylation sites (tertiary alicyclic amines) is 1. The van der Waals surface area contributed by atoms with Gasteiger partial charge < -0.3 is 10.6 Å². The summed E-state index contributed by atoms with van der Waals surface area (Å²) >= 11 is 0. The Bertz CT molecular complexity index is 276. The summed E-state index contributed by atoms with van der Waals surface area (Å²) in [6.45, 7) is 4.40. The van der Waals surface area contributed by atoms with Crippen LogP contribution < -0.4 is 5.73 Å². The van der Waals surface area contributed by atoms with Crippen LogP contribution in [0.25, 0.3) is 0 Å². The van der Waals surface area contributed by atoms with E-state index in [2.05, 4.69) is 15.0 Å². The molecule has 1 aliphatic heterocycles. The Balaban J connectivity index is 1.76. The predicted molar refractivity (Wildman–Crippen MR) is 54.7 cm³/mol. The van der Waals surface area contributed by atoms with E-state index in [1.807, 2.05) is 4.68 Å². The molecule has 1 aromatic heterocycles. The Morgan fingerprint density at radius 2 is 2.00 bits per heavy atom. The van der Waals surface area contributed by atoms with Crippen LogP contribution in [-0.2, 0) is 6.54 Å². The molecular formula is C9H17N5. The van der Waals surface area contributed by atoms with E-state index in [0.717, 1.165) is 13.1 Å². The molecule has 0 spiro atoms. The number of hydrogen-bond acceptors (Lipinski definition) is 4. The van der Waals surface area contributed by atoms with Gasteiger partial charge in [0.25, 0.3) is 0 Å². The third-order valence-electron chi connectivity index (χ3n) is 2.65. The van der Waals surface area contributed by atoms with Crippen LogP contribution in [-0.4, -0.2) is 39.3 Å². The molecule has 5 nitrogen and oxygen atoms in total. The molecule has 2 N–H and O–H groups in total. The largest absolute Gasteiger partial charge is 0.367 e. The van der Waals surface area contributed by atoms with Gasteiger partial charge in [0.2, 0.25) is 5.95 Å². The summed E-state index contributed by atoms with van der Waals surface area (Å²) in [7, 11) is 0. The Labute approximate surface area is 83.9 Å². The maximum absolute atomic E-state index is 5.43. The highest BCUT2D eigenvalue weighted by Crippen LogP contribution is 2.08. The first kappa shape index (κ1) is 9.45. The first-order valence-electron chi connectivity index (χ1n) is 5.22. The van der Waals surface area contributed by atoms with Crippen molar-refractivity contribution in [2.24, 2.45) is 0 Å². The Kier molecular flexibility index (Phi) is 2.98. The van der Waals surface area contributed by atoms with Crippen LogP contribution in [0.1, 0.15) is 19.3 Å². The van der Waals surface area contributed by atoms with Gasteiger partial charge in [-0.05, 0) is 25.9 Å². The summed E-state index contributed by atoms with van der Waals surface area (Å²) in [4.78, 5) is 6.37. The lowest BCUT2D eigenvalue weighted by Crippen LogP contribution is -2.32. The average Bonchev–Trinajstić information content (AvgIpc) is 2.63. The van der Waals surface area contributed by atoms with Crippen molar-refractivity contribution in [2.75, 3.05) is 25.4 Å². The molecule has 78 valence electrons. The summed E-state index contributed by atoms with van der Waals surface area (Å²) in [5.74, 6) is 0.364. The molecule has 0 atom stereocenters. The number of anilines is 1. The van der Waals surface area contributed by atoms with Gasteiger partial charge in [0, 0.05) is 6.54 Å². The van der Waals surface area contributed by atoms with Gasteiger partial charge in [-0.3, -0.25) is 0 Å². The van der Waals surface area contributed by atoms with E-state index < -0.39 is 0 Å². The summed E-state index contributed by atoms with van der Waals surface area (Å²) in [6, 6.07) is 0. The molecule has 0 saturated carbocycles. The van der Waals surface area contributed by atoms with Crippen molar-refractivity contribution in [1.29, 1.82) is 0 Å². The normalized spacial score (nSPS) is 18.6. The van der Waals surface area contributed by atoms with Gasteiger partial charge in [0.15, 0.2) is 0 Å². The Morgan fingerprint density at radius 1 is 1.21 bits per heavy atom. The van der Waals surface area contributed by atoms with Crippen molar-refractivity contribution >= 4 is 5.95 Å². The van der Waals surface area contributed by atoms with E-state index in [9.17, 15) is 0 Å². The minimum absolute atomic E-state index is 0.364. The van der Waals surface area contributed by atoms with Crippen LogP contribution >= 0.6 is 0 Å². The zero-order chi connectivity index (χ0) is 9.80. The van der Waals surface area contributed by atoms with Gasteiger partial charge in [0.1, 0.15) is 6.33 Å². The second-order valence-corrected chi connectivity index (χ2v) is 3.77. The van der Waals surface area contributed by atoms with Gasteiger partial charge in [-0.1, -0.05) is 6.42 Å². The minimum Gasteiger partial charge on any atom is -0.367 e. The smallest absolute Gasteiger partial charge is 0.239 e. The molecule has 0 bridgehead atoms. The third-order valence-corrected chi connectivity index (χ3v) is 2.65. The SMILES string of the molecule is Nc1ncn(CCN2CCCCC2)n1. The average molecular weight is 195 g/mol. The van der Waals surface area contributed by atoms with E-state index in [1.165, 1.54) is 32.4 Å². The number of aromatic nitrogens is 3. The molecule has 0 aliphatic carbocycles. The van der Waals surface area contributed by atoms with Gasteiger partial charge >= 0.3 is 0 Å². The van der Waals surface area contributed by atoms with E-state index in [4.69, 9.17) is 5.73 Å². The number of nitrogens with two attached hydrogens (primary N) is 1. The molecule has 0 amide bonds. The molecule has 1 fully saturated rings. The van der Waals surface area contributed by atoms with Crippen LogP contribution in [0.4, 0.5) is 5.95 Å². The van der Waals surface area contributed by atoms with Gasteiger partial charge in [-0.25, -0.2) is 9.67 Å². The summed E-state index contributed by atoms with van der Waals surface area (Å²) in [5, 5.41) is 4.05. The van der Waals surface area contributed by atoms with Crippen molar-refractivity contribution < 1.29 is 0 Å². The van der Waals surface area contributed by atoms with Crippen molar-refractivity contribution in [3.05, 3.63) is 6.33 Å². The minimum atomic E-state index is 0.364. The summed E-state index contributed by atoms with van der Waals surface area (Å²) in [5.41, 5.74) is 5.43. The Morgan fingerprint density at radius 3 is 2.64 bits per heavy atom. The lowest BCUT2D eigenvalue weighted by atomic mass is 10.1. The molecule has 0 radical (unpaired) electrons. The predicted octanol–water partition coefficient (Wildman–Crippen LogP) is 0.346. The van der Waals surface area contributed by atoms with E-state index in [-0.39, 0.29) is 0 Å². The lowest BCUT2D eigenvalue weighted by Gasteiger charge is -2.25. The molecule has 2 rings (SSSR count). The molecule has 5 heteroatoms. The lowest BCUT2D eigenvalue weighted by molar-refractivity contribution is 0.218. The van der Waals surface area contributed by atoms with E-state index in [0.29, 0.717) is 5.95 Å². The zero-order valence-corrected chi connectivity index (χ0v) is 8.39. The topological polar surface area (TPSA) is 60.0 Å². The van der Waals surface area contributed by atoms with Crippen LogP contribution in [0, 0.1) is 0 Å². The van der Waals surface area contributed by atoms with Crippen LogP contribution in [0.2, 0.25) is 0 Å². The third kappa shape index (κ3) is 2.45. The van der Waals surface area contributed by atoms with Gasteiger partial charge in [-0.2, -0.15) is 0 Å². The van der Waals surface area contributed by atoms with E-state index in [1.54, 1.807) is 6.33 Å². The fourth-order valence-electron chi connectivity index (χ4n) is 1.84. The summed E-state index contributed by atoms with van der Waals surface area (Å²) < 4.78 is 1.81. The van der Waals surface area contributed by atoms with Crippen molar-refractivity contribution in [3.8, 4) is 0 Å². The van der Waals surface area contributed by atoms with Crippen molar-refractivity contribution in [2.45, 2.75) is 25.8 Å². The maximum Gasteiger partial charge on any atom is 0.239 e. The molecule has 0 unspecified atom stereocenters. The molecule has 1 saturated heterocycles. The monoisotopic (exact) mass is 195 g/mol. The molecular weight excluding hydrogens is 178 g/mol. The molecule has 2 heterocycles. The Hall–Kier alpha value is -1.10. The highest BCUT2D eigenvalue weighted by molar-refractivity contribution is 5.09. The van der Waals surface area contributed by atoms with Crippen LogP contribution in [0.5, 0.6) is 0 Å². The van der Waals surface area contributed by atoms with Crippen LogP contribution in [0.15, 0.2) is 6.33 Å². The van der Waals surface area contributed by atoms with Crippen molar-refractivity contribution in [1.82, 2.24) is 19.7 Å². The van der Waals surface area contributed by atoms with Crippen LogP contribution in [0.3, 0.4) is 0 Å². The summed E-state index contributed by atoms with van der Waals surface area (Å²) in [6.07, 6.45) is 5.74. The van der Waals surface area contributed by atoms with Gasteiger partial charge in [-0.15, -0.1) is 5.10 Å². The quantitative estimate of drug-likeness (QED) is 0.756.